The van der Waals surface area contributed by atoms with E-state index in [4.69, 9.17) is 4.74 Å². The molecule has 0 heterocycles. The smallest absolute Gasteiger partial charge is 0.331 e. The Balaban J connectivity index is 2.10. The Hall–Kier alpha value is -2.66. The summed E-state index contributed by atoms with van der Waals surface area (Å²) in [5.41, 5.74) is 0.751. The van der Waals surface area contributed by atoms with E-state index < -0.39 is 29.6 Å². The summed E-state index contributed by atoms with van der Waals surface area (Å²) in [7, 11) is 0. The van der Waals surface area contributed by atoms with E-state index >= 15 is 0 Å². The highest BCUT2D eigenvalue weighted by Crippen LogP contribution is 2.14. The molecule has 0 aliphatic carbocycles. The van der Waals surface area contributed by atoms with E-state index in [1.165, 1.54) is 0 Å². The number of carbonyl (C=O) groups is 2. The van der Waals surface area contributed by atoms with Crippen molar-refractivity contribution >= 4 is 11.9 Å². The number of aliphatic hydroxyl groups excluding tert-OH is 1. The normalized spacial score (nSPS) is 13.5. The maximum atomic E-state index is 12.6. The number of esters is 1. The highest BCUT2D eigenvalue weighted by Gasteiger charge is 2.32. The minimum atomic E-state index is -1.14. The summed E-state index contributed by atoms with van der Waals surface area (Å²) < 4.78 is 5.40. The van der Waals surface area contributed by atoms with E-state index in [1.807, 2.05) is 30.3 Å². The van der Waals surface area contributed by atoms with Gasteiger partial charge in [0.2, 0.25) is 0 Å². The lowest BCUT2D eigenvalue weighted by atomic mass is 10.0. The third-order valence-electron chi connectivity index (χ3n) is 3.94. The first-order valence-electron chi connectivity index (χ1n) is 9.07. The van der Waals surface area contributed by atoms with Crippen LogP contribution in [0.4, 0.5) is 0 Å². The molecule has 0 saturated heterocycles. The summed E-state index contributed by atoms with van der Waals surface area (Å²) in [6.45, 7) is 5.24. The highest BCUT2D eigenvalue weighted by atomic mass is 16.6. The van der Waals surface area contributed by atoms with Crippen molar-refractivity contribution in [3.05, 3.63) is 71.8 Å². The second-order valence-electron chi connectivity index (χ2n) is 7.44. The quantitative estimate of drug-likeness (QED) is 0.736. The summed E-state index contributed by atoms with van der Waals surface area (Å²) >= 11 is 0. The Morgan fingerprint density at radius 2 is 1.56 bits per heavy atom. The largest absolute Gasteiger partial charge is 0.458 e. The van der Waals surface area contributed by atoms with E-state index in [1.54, 1.807) is 51.1 Å². The number of ether oxygens (including phenoxy) is 1. The third kappa shape index (κ3) is 6.87. The number of benzene rings is 2. The van der Waals surface area contributed by atoms with Crippen LogP contribution in [0.3, 0.4) is 0 Å². The molecular formula is C22H27NO4. The van der Waals surface area contributed by atoms with Gasteiger partial charge in [-0.15, -0.1) is 0 Å². The molecule has 2 atom stereocenters. The van der Waals surface area contributed by atoms with Crippen LogP contribution < -0.4 is 5.32 Å². The Morgan fingerprint density at radius 1 is 1.00 bits per heavy atom. The molecule has 1 amide bonds. The number of rotatable bonds is 7. The van der Waals surface area contributed by atoms with Crippen LogP contribution in [-0.2, 0) is 16.0 Å². The van der Waals surface area contributed by atoms with E-state index in [2.05, 4.69) is 5.32 Å². The first-order valence-corrected chi connectivity index (χ1v) is 9.07. The predicted molar refractivity (Wildman–Crippen MR) is 104 cm³/mol. The van der Waals surface area contributed by atoms with Crippen LogP contribution in [0.5, 0.6) is 0 Å². The lowest BCUT2D eigenvalue weighted by molar-refractivity contribution is -0.160. The maximum Gasteiger partial charge on any atom is 0.331 e. The Kier molecular flexibility index (Phi) is 7.13. The number of carbonyl (C=O) groups excluding carboxylic acids is 2. The summed E-state index contributed by atoms with van der Waals surface area (Å²) in [6, 6.07) is 17.1. The molecule has 5 nitrogen and oxygen atoms in total. The fourth-order valence-electron chi connectivity index (χ4n) is 2.62. The Bertz CT molecular complexity index is 738. The summed E-state index contributed by atoms with van der Waals surface area (Å²) in [5, 5.41) is 13.2. The average molecular weight is 369 g/mol. The van der Waals surface area contributed by atoms with Crippen LogP contribution in [0.15, 0.2) is 60.7 Å². The molecule has 144 valence electrons. The number of aliphatic hydroxyl groups is 1. The van der Waals surface area contributed by atoms with Crippen LogP contribution in [0, 0.1) is 0 Å². The topological polar surface area (TPSA) is 75.6 Å². The van der Waals surface area contributed by atoms with Crippen LogP contribution >= 0.6 is 0 Å². The van der Waals surface area contributed by atoms with Gasteiger partial charge in [-0.25, -0.2) is 4.79 Å². The minimum absolute atomic E-state index is 0.322. The molecule has 0 bridgehead atoms. The molecule has 0 radical (unpaired) electrons. The molecule has 0 aliphatic rings. The first-order chi connectivity index (χ1) is 12.8. The number of nitrogens with one attached hydrogen (secondary N) is 1. The molecular weight excluding hydrogens is 342 g/mol. The van der Waals surface area contributed by atoms with E-state index in [-0.39, 0.29) is 0 Å². The van der Waals surface area contributed by atoms with Crippen LogP contribution in [0.2, 0.25) is 0 Å². The number of aryl methyl sites for hydroxylation is 1. The number of hydrogen-bond donors (Lipinski definition) is 2. The van der Waals surface area contributed by atoms with E-state index in [0.717, 1.165) is 5.56 Å². The van der Waals surface area contributed by atoms with Crippen molar-refractivity contribution in [1.29, 1.82) is 0 Å². The van der Waals surface area contributed by atoms with Gasteiger partial charge >= 0.3 is 5.97 Å². The van der Waals surface area contributed by atoms with Crippen molar-refractivity contribution in [2.45, 2.75) is 51.4 Å². The second-order valence-corrected chi connectivity index (χ2v) is 7.44. The van der Waals surface area contributed by atoms with Gasteiger partial charge in [-0.05, 0) is 51.3 Å². The first kappa shape index (κ1) is 20.6. The zero-order valence-electron chi connectivity index (χ0n) is 16.0. The molecule has 0 unspecified atom stereocenters. The van der Waals surface area contributed by atoms with Gasteiger partial charge in [-0.1, -0.05) is 48.5 Å². The van der Waals surface area contributed by atoms with Gasteiger partial charge in [0.05, 0.1) is 6.10 Å². The van der Waals surface area contributed by atoms with Crippen LogP contribution in [0.25, 0.3) is 0 Å². The summed E-state index contributed by atoms with van der Waals surface area (Å²) in [4.78, 5) is 25.1. The highest BCUT2D eigenvalue weighted by molar-refractivity contribution is 5.96. The monoisotopic (exact) mass is 369 g/mol. The molecule has 27 heavy (non-hydrogen) atoms. The lowest BCUT2D eigenvalue weighted by Crippen LogP contribution is -2.51. The Morgan fingerprint density at radius 3 is 2.11 bits per heavy atom. The fraction of sp³-hybridized carbons (Fsp3) is 0.364. The van der Waals surface area contributed by atoms with Crippen LogP contribution in [-0.4, -0.2) is 34.7 Å². The molecule has 0 spiro atoms. The van der Waals surface area contributed by atoms with Crippen molar-refractivity contribution in [1.82, 2.24) is 5.32 Å². The molecule has 0 saturated carbocycles. The molecule has 0 fully saturated rings. The molecule has 2 aromatic carbocycles. The third-order valence-corrected chi connectivity index (χ3v) is 3.94. The number of amides is 1. The van der Waals surface area contributed by atoms with Crippen molar-refractivity contribution in [3.8, 4) is 0 Å². The molecule has 2 N–H and O–H groups in total. The standard InChI is InChI=1S/C22H27NO4/c1-22(2,3)27-21(26)19(23-20(25)17-12-8-5-9-13-17)18(24)15-14-16-10-6-4-7-11-16/h4-13,18-19,24H,14-15H2,1-3H3,(H,23,25)/t18-,19-/m0/s1. The SMILES string of the molecule is CC(C)(C)OC(=O)[C@@H](NC(=O)c1ccccc1)[C@@H](O)CCc1ccccc1. The molecule has 5 heteroatoms. The predicted octanol–water partition coefficient (Wildman–Crippen LogP) is 3.12. The van der Waals surface area contributed by atoms with Gasteiger partial charge in [0.15, 0.2) is 6.04 Å². The zero-order chi connectivity index (χ0) is 19.9. The summed E-state index contributed by atoms with van der Waals surface area (Å²) in [6.07, 6.45) is -0.154. The Labute approximate surface area is 160 Å². The van der Waals surface area contributed by atoms with Gasteiger partial charge in [-0.3, -0.25) is 4.79 Å². The van der Waals surface area contributed by atoms with Gasteiger partial charge in [0.1, 0.15) is 5.60 Å². The van der Waals surface area contributed by atoms with Gasteiger partial charge in [-0.2, -0.15) is 0 Å². The van der Waals surface area contributed by atoms with Gasteiger partial charge < -0.3 is 15.2 Å². The van der Waals surface area contributed by atoms with Crippen molar-refractivity contribution in [3.63, 3.8) is 0 Å². The maximum absolute atomic E-state index is 12.6. The second kappa shape index (κ2) is 9.33. The zero-order valence-corrected chi connectivity index (χ0v) is 16.0. The minimum Gasteiger partial charge on any atom is -0.458 e. The van der Waals surface area contributed by atoms with E-state index in [0.29, 0.717) is 18.4 Å². The van der Waals surface area contributed by atoms with Crippen molar-refractivity contribution < 1.29 is 19.4 Å². The fourth-order valence-corrected chi connectivity index (χ4v) is 2.62. The van der Waals surface area contributed by atoms with Gasteiger partial charge in [0.25, 0.3) is 5.91 Å². The average Bonchev–Trinajstić information content (AvgIpc) is 2.64. The molecule has 2 rings (SSSR count). The van der Waals surface area contributed by atoms with E-state index in [9.17, 15) is 14.7 Å². The number of hydrogen-bond acceptors (Lipinski definition) is 4. The molecule has 2 aromatic rings. The molecule has 0 aromatic heterocycles. The molecule has 0 aliphatic heterocycles. The van der Waals surface area contributed by atoms with Crippen molar-refractivity contribution in [2.24, 2.45) is 0 Å². The summed E-state index contributed by atoms with van der Waals surface area (Å²) in [5.74, 6) is -1.07. The van der Waals surface area contributed by atoms with Crippen molar-refractivity contribution in [2.75, 3.05) is 0 Å². The van der Waals surface area contributed by atoms with Gasteiger partial charge in [0, 0.05) is 5.56 Å². The lowest BCUT2D eigenvalue weighted by Gasteiger charge is -2.27. The van der Waals surface area contributed by atoms with Crippen LogP contribution in [0.1, 0.15) is 43.1 Å².